The van der Waals surface area contributed by atoms with Gasteiger partial charge in [-0.1, -0.05) is 17.7 Å². The molecule has 2 fully saturated rings. The lowest BCUT2D eigenvalue weighted by molar-refractivity contribution is 0.392. The van der Waals surface area contributed by atoms with Crippen molar-refractivity contribution in [1.82, 2.24) is 0 Å². The fraction of sp³-hybridized carbons (Fsp3) is 0.571. The van der Waals surface area contributed by atoms with E-state index in [2.05, 4.69) is 0 Å². The van der Waals surface area contributed by atoms with Gasteiger partial charge in [-0.25, -0.2) is 4.39 Å². The number of nitrogens with two attached hydrogens (primary N) is 1. The molecule has 0 radical (unpaired) electrons. The zero-order chi connectivity index (χ0) is 12.0. The monoisotopic (exact) mass is 253 g/mol. The Bertz CT molecular complexity index is 424. The topological polar surface area (TPSA) is 26.0 Å². The number of benzene rings is 1. The van der Waals surface area contributed by atoms with E-state index in [1.165, 1.54) is 31.4 Å². The summed E-state index contributed by atoms with van der Waals surface area (Å²) in [6, 6.07) is 4.76. The van der Waals surface area contributed by atoms with Gasteiger partial charge in [-0.2, -0.15) is 0 Å². The summed E-state index contributed by atoms with van der Waals surface area (Å²) < 4.78 is 12.9. The van der Waals surface area contributed by atoms with Crippen LogP contribution in [0.4, 0.5) is 4.39 Å². The Kier molecular flexibility index (Phi) is 2.87. The van der Waals surface area contributed by atoms with Crippen LogP contribution in [0.3, 0.4) is 0 Å². The third-order valence-electron chi connectivity index (χ3n) is 4.36. The molecule has 1 aromatic rings. The first-order valence-electron chi connectivity index (χ1n) is 6.33. The van der Waals surface area contributed by atoms with E-state index in [1.54, 1.807) is 6.07 Å². The van der Waals surface area contributed by atoms with Crippen LogP contribution in [-0.4, -0.2) is 6.04 Å². The molecule has 0 saturated heterocycles. The molecule has 0 aromatic heterocycles. The Balaban J connectivity index is 1.65. The largest absolute Gasteiger partial charge is 0.327 e. The van der Waals surface area contributed by atoms with Crippen LogP contribution in [0.2, 0.25) is 5.02 Å². The van der Waals surface area contributed by atoms with Crippen LogP contribution in [0.25, 0.3) is 0 Å². The average molecular weight is 254 g/mol. The second-order valence-electron chi connectivity index (χ2n) is 5.59. The number of fused-ring (bicyclic) bond motifs is 1. The molecule has 2 N–H and O–H groups in total. The normalized spacial score (nSPS) is 32.3. The van der Waals surface area contributed by atoms with Crippen molar-refractivity contribution in [3.63, 3.8) is 0 Å². The molecular weight excluding hydrogens is 237 g/mol. The molecule has 3 rings (SSSR count). The van der Waals surface area contributed by atoms with E-state index in [0.717, 1.165) is 23.8 Å². The van der Waals surface area contributed by atoms with Gasteiger partial charge < -0.3 is 5.73 Å². The summed E-state index contributed by atoms with van der Waals surface area (Å²) in [5.41, 5.74) is 7.22. The molecule has 1 aromatic carbocycles. The lowest BCUT2D eigenvalue weighted by Crippen LogP contribution is -2.31. The Hall–Kier alpha value is -0.600. The highest BCUT2D eigenvalue weighted by Gasteiger charge is 2.47. The summed E-state index contributed by atoms with van der Waals surface area (Å²) in [6.45, 7) is 0. The Labute approximate surface area is 106 Å². The summed E-state index contributed by atoms with van der Waals surface area (Å²) in [5.74, 6) is 2.26. The van der Waals surface area contributed by atoms with E-state index < -0.39 is 0 Å². The first kappa shape index (κ1) is 11.5. The molecule has 17 heavy (non-hydrogen) atoms. The lowest BCUT2D eigenvalue weighted by atomic mass is 9.90. The SMILES string of the molecule is NC(Cc1ccc(F)cc1Cl)C1CC2CC2C1. The molecule has 2 aliphatic carbocycles. The van der Waals surface area contributed by atoms with Crippen molar-refractivity contribution in [1.29, 1.82) is 0 Å². The molecule has 1 nitrogen and oxygen atoms in total. The van der Waals surface area contributed by atoms with Gasteiger partial charge in [-0.3, -0.25) is 0 Å². The summed E-state index contributed by atoms with van der Waals surface area (Å²) in [4.78, 5) is 0. The fourth-order valence-corrected chi connectivity index (χ4v) is 3.46. The molecule has 2 aliphatic rings. The van der Waals surface area contributed by atoms with Crippen LogP contribution in [0.15, 0.2) is 18.2 Å². The Morgan fingerprint density at radius 1 is 1.29 bits per heavy atom. The quantitative estimate of drug-likeness (QED) is 0.878. The molecule has 3 atom stereocenters. The predicted molar refractivity (Wildman–Crippen MR) is 67.4 cm³/mol. The molecule has 0 heterocycles. The zero-order valence-corrected chi connectivity index (χ0v) is 10.5. The van der Waals surface area contributed by atoms with E-state index in [4.69, 9.17) is 17.3 Å². The third-order valence-corrected chi connectivity index (χ3v) is 4.71. The van der Waals surface area contributed by atoms with Crippen LogP contribution in [0, 0.1) is 23.6 Å². The minimum atomic E-state index is -0.283. The molecular formula is C14H17ClFN. The van der Waals surface area contributed by atoms with E-state index in [9.17, 15) is 4.39 Å². The maximum atomic E-state index is 12.9. The molecule has 0 spiro atoms. The summed E-state index contributed by atoms with van der Waals surface area (Å²) in [6.07, 6.45) is 4.75. The van der Waals surface area contributed by atoms with Gasteiger partial charge >= 0.3 is 0 Å². The van der Waals surface area contributed by atoms with Crippen LogP contribution < -0.4 is 5.73 Å². The predicted octanol–water partition coefficient (Wildman–Crippen LogP) is 3.40. The van der Waals surface area contributed by atoms with E-state index in [0.29, 0.717) is 10.9 Å². The minimum absolute atomic E-state index is 0.172. The molecule has 92 valence electrons. The third kappa shape index (κ3) is 2.34. The van der Waals surface area contributed by atoms with Gasteiger partial charge in [0.25, 0.3) is 0 Å². The van der Waals surface area contributed by atoms with E-state index in [-0.39, 0.29) is 11.9 Å². The van der Waals surface area contributed by atoms with Crippen LogP contribution in [-0.2, 0) is 6.42 Å². The standard InChI is InChI=1S/C14H17ClFN/c15-13-7-12(16)2-1-8(13)6-14(17)11-4-9-3-10(9)5-11/h1-2,7,9-11,14H,3-6,17H2. The van der Waals surface area contributed by atoms with Gasteiger partial charge in [0.1, 0.15) is 5.82 Å². The van der Waals surface area contributed by atoms with Gasteiger partial charge in [0.05, 0.1) is 0 Å². The lowest BCUT2D eigenvalue weighted by Gasteiger charge is -2.21. The summed E-state index contributed by atoms with van der Waals surface area (Å²) in [7, 11) is 0. The molecule has 3 unspecified atom stereocenters. The van der Waals surface area contributed by atoms with Gasteiger partial charge in [0, 0.05) is 11.1 Å². The van der Waals surface area contributed by atoms with E-state index >= 15 is 0 Å². The fourth-order valence-electron chi connectivity index (χ4n) is 3.22. The first-order valence-corrected chi connectivity index (χ1v) is 6.71. The molecule has 0 amide bonds. The van der Waals surface area contributed by atoms with Gasteiger partial charge in [0.2, 0.25) is 0 Å². The molecule has 0 bridgehead atoms. The maximum absolute atomic E-state index is 12.9. The number of hydrogen-bond donors (Lipinski definition) is 1. The highest BCUT2D eigenvalue weighted by molar-refractivity contribution is 6.31. The van der Waals surface area contributed by atoms with Crippen LogP contribution in [0.5, 0.6) is 0 Å². The Morgan fingerprint density at radius 3 is 2.65 bits per heavy atom. The highest BCUT2D eigenvalue weighted by Crippen LogP contribution is 2.55. The number of hydrogen-bond acceptors (Lipinski definition) is 1. The van der Waals surface area contributed by atoms with Crippen molar-refractivity contribution in [3.8, 4) is 0 Å². The molecule has 3 heteroatoms. The van der Waals surface area contributed by atoms with Crippen molar-refractivity contribution in [2.45, 2.75) is 31.7 Å². The molecule has 0 aliphatic heterocycles. The second kappa shape index (κ2) is 4.25. The van der Waals surface area contributed by atoms with Crippen LogP contribution in [0.1, 0.15) is 24.8 Å². The Morgan fingerprint density at radius 2 is 2.00 bits per heavy atom. The van der Waals surface area contributed by atoms with Gasteiger partial charge in [-0.05, 0) is 61.1 Å². The maximum Gasteiger partial charge on any atom is 0.124 e. The summed E-state index contributed by atoms with van der Waals surface area (Å²) in [5, 5.41) is 0.503. The van der Waals surface area contributed by atoms with Crippen molar-refractivity contribution >= 4 is 11.6 Å². The second-order valence-corrected chi connectivity index (χ2v) is 6.00. The minimum Gasteiger partial charge on any atom is -0.327 e. The van der Waals surface area contributed by atoms with Crippen molar-refractivity contribution in [2.24, 2.45) is 23.5 Å². The van der Waals surface area contributed by atoms with E-state index in [1.807, 2.05) is 0 Å². The number of halogens is 2. The van der Waals surface area contributed by atoms with Crippen LogP contribution >= 0.6 is 11.6 Å². The van der Waals surface area contributed by atoms with Crippen molar-refractivity contribution in [2.75, 3.05) is 0 Å². The average Bonchev–Trinajstić information content (AvgIpc) is 2.89. The van der Waals surface area contributed by atoms with Gasteiger partial charge in [0.15, 0.2) is 0 Å². The smallest absolute Gasteiger partial charge is 0.124 e. The van der Waals surface area contributed by atoms with Crippen molar-refractivity contribution < 1.29 is 4.39 Å². The first-order chi connectivity index (χ1) is 8.13. The summed E-state index contributed by atoms with van der Waals surface area (Å²) >= 11 is 6.02. The zero-order valence-electron chi connectivity index (χ0n) is 9.70. The molecule has 2 saturated carbocycles. The van der Waals surface area contributed by atoms with Gasteiger partial charge in [-0.15, -0.1) is 0 Å². The number of rotatable bonds is 3. The highest BCUT2D eigenvalue weighted by atomic mass is 35.5. The van der Waals surface area contributed by atoms with Crippen molar-refractivity contribution in [3.05, 3.63) is 34.6 Å².